The predicted octanol–water partition coefficient (Wildman–Crippen LogP) is 1.89. The maximum atomic E-state index is 6.02. The van der Waals surface area contributed by atoms with Gasteiger partial charge in [-0.25, -0.2) is 0 Å². The highest BCUT2D eigenvalue weighted by atomic mass is 16.5. The molecule has 3 heteroatoms. The van der Waals surface area contributed by atoms with E-state index in [9.17, 15) is 0 Å². The lowest BCUT2D eigenvalue weighted by atomic mass is 10.0. The highest BCUT2D eigenvalue weighted by molar-refractivity contribution is 5.37. The van der Waals surface area contributed by atoms with E-state index in [4.69, 9.17) is 9.47 Å². The zero-order valence-corrected chi connectivity index (χ0v) is 10.1. The van der Waals surface area contributed by atoms with Crippen molar-refractivity contribution in [2.45, 2.75) is 31.9 Å². The van der Waals surface area contributed by atoms with Crippen molar-refractivity contribution in [1.82, 2.24) is 5.32 Å². The van der Waals surface area contributed by atoms with E-state index in [-0.39, 0.29) is 0 Å². The molecule has 3 rings (SSSR count). The van der Waals surface area contributed by atoms with E-state index in [1.807, 2.05) is 0 Å². The lowest BCUT2D eigenvalue weighted by molar-refractivity contribution is 0.0255. The van der Waals surface area contributed by atoms with Crippen LogP contribution in [-0.2, 0) is 17.7 Å². The highest BCUT2D eigenvalue weighted by Gasteiger charge is 2.16. The van der Waals surface area contributed by atoms with E-state index >= 15 is 0 Å². The number of hydrogen-bond acceptors (Lipinski definition) is 3. The molecule has 0 unspecified atom stereocenters. The Balaban J connectivity index is 1.70. The third kappa shape index (κ3) is 2.61. The van der Waals surface area contributed by atoms with Crippen LogP contribution in [0.5, 0.6) is 5.75 Å². The second-order valence-electron chi connectivity index (χ2n) is 4.79. The first-order chi connectivity index (χ1) is 8.42. The van der Waals surface area contributed by atoms with Gasteiger partial charge in [-0.15, -0.1) is 0 Å². The SMILES string of the molecule is c1cc2c(cc1OC1CCOCC1)CCNC2. The first kappa shape index (κ1) is 11.1. The van der Waals surface area contributed by atoms with E-state index in [0.717, 1.165) is 51.3 Å². The summed E-state index contributed by atoms with van der Waals surface area (Å²) in [4.78, 5) is 0. The fraction of sp³-hybridized carbons (Fsp3) is 0.571. The number of nitrogens with one attached hydrogen (secondary N) is 1. The summed E-state index contributed by atoms with van der Waals surface area (Å²) in [5.74, 6) is 1.03. The molecule has 1 fully saturated rings. The number of ether oxygens (including phenoxy) is 2. The monoisotopic (exact) mass is 233 g/mol. The highest BCUT2D eigenvalue weighted by Crippen LogP contribution is 2.23. The van der Waals surface area contributed by atoms with E-state index in [1.165, 1.54) is 11.1 Å². The van der Waals surface area contributed by atoms with Crippen molar-refractivity contribution in [3.8, 4) is 5.75 Å². The first-order valence-corrected chi connectivity index (χ1v) is 6.49. The normalized spacial score (nSPS) is 20.9. The maximum Gasteiger partial charge on any atom is 0.120 e. The molecule has 1 aromatic rings. The van der Waals surface area contributed by atoms with Crippen LogP contribution >= 0.6 is 0 Å². The number of benzene rings is 1. The zero-order valence-electron chi connectivity index (χ0n) is 10.1. The Labute approximate surface area is 102 Å². The van der Waals surface area contributed by atoms with E-state index < -0.39 is 0 Å². The average Bonchev–Trinajstić information content (AvgIpc) is 2.40. The second kappa shape index (κ2) is 5.07. The smallest absolute Gasteiger partial charge is 0.120 e. The molecule has 92 valence electrons. The lowest BCUT2D eigenvalue weighted by Crippen LogP contribution is -2.26. The maximum absolute atomic E-state index is 6.02. The quantitative estimate of drug-likeness (QED) is 0.846. The van der Waals surface area contributed by atoms with E-state index in [1.54, 1.807) is 0 Å². The van der Waals surface area contributed by atoms with Crippen molar-refractivity contribution in [3.63, 3.8) is 0 Å². The minimum atomic E-state index is 0.337. The van der Waals surface area contributed by atoms with Crippen molar-refractivity contribution in [2.24, 2.45) is 0 Å². The molecule has 0 atom stereocenters. The Bertz CT molecular complexity index is 386. The Morgan fingerprint density at radius 2 is 2.06 bits per heavy atom. The van der Waals surface area contributed by atoms with Crippen molar-refractivity contribution >= 4 is 0 Å². The number of rotatable bonds is 2. The van der Waals surface area contributed by atoms with Gasteiger partial charge in [-0.1, -0.05) is 6.07 Å². The topological polar surface area (TPSA) is 30.5 Å². The van der Waals surface area contributed by atoms with Gasteiger partial charge in [0.15, 0.2) is 0 Å². The Morgan fingerprint density at radius 1 is 1.18 bits per heavy atom. The molecule has 3 nitrogen and oxygen atoms in total. The minimum absolute atomic E-state index is 0.337. The fourth-order valence-electron chi connectivity index (χ4n) is 2.51. The van der Waals surface area contributed by atoms with Gasteiger partial charge in [0, 0.05) is 19.4 Å². The molecule has 1 saturated heterocycles. The third-order valence-electron chi connectivity index (χ3n) is 3.54. The Hall–Kier alpha value is -1.06. The van der Waals surface area contributed by atoms with Crippen LogP contribution in [0, 0.1) is 0 Å². The Kier molecular flexibility index (Phi) is 3.29. The molecule has 0 amide bonds. The van der Waals surface area contributed by atoms with Crippen LogP contribution in [0.3, 0.4) is 0 Å². The summed E-state index contributed by atoms with van der Waals surface area (Å²) in [5, 5.41) is 3.38. The van der Waals surface area contributed by atoms with Crippen LogP contribution in [0.2, 0.25) is 0 Å². The summed E-state index contributed by atoms with van der Waals surface area (Å²) in [6.45, 7) is 3.74. The molecule has 17 heavy (non-hydrogen) atoms. The first-order valence-electron chi connectivity index (χ1n) is 6.49. The third-order valence-corrected chi connectivity index (χ3v) is 3.54. The van der Waals surface area contributed by atoms with Crippen LogP contribution in [0.25, 0.3) is 0 Å². The molecule has 0 radical (unpaired) electrons. The van der Waals surface area contributed by atoms with Gasteiger partial charge in [-0.3, -0.25) is 0 Å². The van der Waals surface area contributed by atoms with Crippen LogP contribution in [0.1, 0.15) is 24.0 Å². The molecule has 2 heterocycles. The van der Waals surface area contributed by atoms with Gasteiger partial charge >= 0.3 is 0 Å². The predicted molar refractivity (Wildman–Crippen MR) is 66.3 cm³/mol. The second-order valence-corrected chi connectivity index (χ2v) is 4.79. The van der Waals surface area contributed by atoms with Crippen LogP contribution in [0.15, 0.2) is 18.2 Å². The molecule has 2 aliphatic rings. The van der Waals surface area contributed by atoms with Gasteiger partial charge in [0.2, 0.25) is 0 Å². The number of hydrogen-bond donors (Lipinski definition) is 1. The molecular weight excluding hydrogens is 214 g/mol. The summed E-state index contributed by atoms with van der Waals surface area (Å²) in [5.41, 5.74) is 2.85. The van der Waals surface area contributed by atoms with Crippen molar-refractivity contribution in [2.75, 3.05) is 19.8 Å². The van der Waals surface area contributed by atoms with Crippen LogP contribution in [-0.4, -0.2) is 25.9 Å². The van der Waals surface area contributed by atoms with Crippen molar-refractivity contribution in [3.05, 3.63) is 29.3 Å². The van der Waals surface area contributed by atoms with E-state index in [2.05, 4.69) is 23.5 Å². The molecule has 0 saturated carbocycles. The summed E-state index contributed by atoms with van der Waals surface area (Å²) in [6.07, 6.45) is 3.47. The van der Waals surface area contributed by atoms with Gasteiger partial charge in [0.05, 0.1) is 13.2 Å². The lowest BCUT2D eigenvalue weighted by Gasteiger charge is -2.24. The molecule has 0 spiro atoms. The van der Waals surface area contributed by atoms with Crippen LogP contribution in [0.4, 0.5) is 0 Å². The largest absolute Gasteiger partial charge is 0.490 e. The van der Waals surface area contributed by atoms with Crippen molar-refractivity contribution < 1.29 is 9.47 Å². The zero-order chi connectivity index (χ0) is 11.5. The Morgan fingerprint density at radius 3 is 2.94 bits per heavy atom. The van der Waals surface area contributed by atoms with E-state index in [0.29, 0.717) is 6.10 Å². The van der Waals surface area contributed by atoms with Gasteiger partial charge in [0.25, 0.3) is 0 Å². The molecular formula is C14H19NO2. The summed E-state index contributed by atoms with van der Waals surface area (Å²) in [7, 11) is 0. The van der Waals surface area contributed by atoms with Crippen LogP contribution < -0.4 is 10.1 Å². The standard InChI is InChI=1S/C14H19NO2/c1-2-14(17-13-4-7-16-8-5-13)9-11-3-6-15-10-12(1)11/h1-2,9,13,15H,3-8,10H2. The van der Waals surface area contributed by atoms with Gasteiger partial charge in [0.1, 0.15) is 11.9 Å². The average molecular weight is 233 g/mol. The van der Waals surface area contributed by atoms with Gasteiger partial charge < -0.3 is 14.8 Å². The molecule has 1 aromatic carbocycles. The summed E-state index contributed by atoms with van der Waals surface area (Å²) >= 11 is 0. The molecule has 0 aliphatic carbocycles. The fourth-order valence-corrected chi connectivity index (χ4v) is 2.51. The number of fused-ring (bicyclic) bond motifs is 1. The molecule has 0 aromatic heterocycles. The minimum Gasteiger partial charge on any atom is -0.490 e. The van der Waals surface area contributed by atoms with Gasteiger partial charge in [-0.05, 0) is 36.2 Å². The molecule has 1 N–H and O–H groups in total. The van der Waals surface area contributed by atoms with Gasteiger partial charge in [-0.2, -0.15) is 0 Å². The summed E-state index contributed by atoms with van der Waals surface area (Å²) < 4.78 is 11.4. The molecule has 0 bridgehead atoms. The van der Waals surface area contributed by atoms with Crippen molar-refractivity contribution in [1.29, 1.82) is 0 Å². The molecule has 2 aliphatic heterocycles. The summed E-state index contributed by atoms with van der Waals surface area (Å²) in [6, 6.07) is 6.50.